The molecule has 1 atom stereocenters. The van der Waals surface area contributed by atoms with Gasteiger partial charge in [0, 0.05) is 11.4 Å². The number of aliphatic carboxylic acids is 2. The van der Waals surface area contributed by atoms with E-state index in [4.69, 9.17) is 0 Å². The summed E-state index contributed by atoms with van der Waals surface area (Å²) in [7, 11) is -5.15. The van der Waals surface area contributed by atoms with E-state index in [-0.39, 0.29) is 96.6 Å². The molecule has 1 unspecified atom stereocenters. The number of carboxylic acids is 2. The molecule has 0 aromatic heterocycles. The fourth-order valence-electron chi connectivity index (χ4n) is 2.42. The number of hydrogen-bond acceptors (Lipinski definition) is 6. The monoisotopic (exact) mass is 382 g/mol. The van der Waals surface area contributed by atoms with Crippen molar-refractivity contribution in [1.82, 2.24) is 0 Å². The largest absolute Gasteiger partial charge is 1.00 e. The van der Waals surface area contributed by atoms with E-state index in [1.807, 2.05) is 0 Å². The maximum Gasteiger partial charge on any atom is 1.00 e. The Morgan fingerprint density at radius 2 is 1.29 bits per heavy atom. The molecule has 0 heterocycles. The van der Waals surface area contributed by atoms with Crippen molar-refractivity contribution in [2.45, 2.75) is 58.6 Å². The first kappa shape index (κ1) is 29.6. The van der Waals surface area contributed by atoms with E-state index in [2.05, 4.69) is 0 Å². The van der Waals surface area contributed by atoms with Crippen LogP contribution in [0.1, 0.15) is 53.4 Å². The van der Waals surface area contributed by atoms with E-state index >= 15 is 0 Å². The SMILES string of the molecule is CC(C)CCC(CCC(C)C)(C(=O)[O-])C(C(=O)[O-])S(=O)(=O)O.[Na+].[Na+]. The van der Waals surface area contributed by atoms with E-state index < -0.39 is 32.7 Å². The first-order chi connectivity index (χ1) is 9.84. The quantitative estimate of drug-likeness (QED) is 0.293. The van der Waals surface area contributed by atoms with Crippen LogP contribution < -0.4 is 69.3 Å². The van der Waals surface area contributed by atoms with Gasteiger partial charge in [0.25, 0.3) is 10.1 Å². The Morgan fingerprint density at radius 1 is 0.958 bits per heavy atom. The first-order valence-corrected chi connectivity index (χ1v) is 8.73. The minimum Gasteiger partial charge on any atom is -0.549 e. The Morgan fingerprint density at radius 3 is 1.46 bits per heavy atom. The molecule has 1 N–H and O–H groups in total. The van der Waals surface area contributed by atoms with Gasteiger partial charge >= 0.3 is 59.1 Å². The molecule has 0 amide bonds. The summed E-state index contributed by atoms with van der Waals surface area (Å²) < 4.78 is 32.1. The molecule has 0 saturated carbocycles. The Kier molecular flexibility index (Phi) is 15.1. The molecular formula is C14H24Na2O7S. The van der Waals surface area contributed by atoms with Crippen molar-refractivity contribution in [3.63, 3.8) is 0 Å². The molecule has 0 aromatic carbocycles. The second-order valence-corrected chi connectivity index (χ2v) is 8.02. The van der Waals surface area contributed by atoms with Gasteiger partial charge in [0.2, 0.25) is 0 Å². The first-order valence-electron chi connectivity index (χ1n) is 7.23. The fraction of sp³-hybridized carbons (Fsp3) is 0.857. The van der Waals surface area contributed by atoms with Crippen LogP contribution in [0.4, 0.5) is 0 Å². The summed E-state index contributed by atoms with van der Waals surface area (Å²) in [6, 6.07) is 0. The molecule has 0 aliphatic heterocycles. The van der Waals surface area contributed by atoms with E-state index in [1.165, 1.54) is 0 Å². The Hall–Kier alpha value is 0.850. The molecule has 0 spiro atoms. The third-order valence-electron chi connectivity index (χ3n) is 3.76. The molecule has 0 aliphatic rings. The van der Waals surface area contributed by atoms with Gasteiger partial charge in [0.1, 0.15) is 5.25 Å². The molecule has 130 valence electrons. The van der Waals surface area contributed by atoms with Gasteiger partial charge in [-0.1, -0.05) is 40.5 Å². The van der Waals surface area contributed by atoms with E-state index in [9.17, 15) is 32.8 Å². The molecule has 0 aromatic rings. The molecule has 24 heavy (non-hydrogen) atoms. The summed E-state index contributed by atoms with van der Waals surface area (Å²) in [4.78, 5) is 22.9. The van der Waals surface area contributed by atoms with Gasteiger partial charge in [-0.2, -0.15) is 8.42 Å². The molecule has 7 nitrogen and oxygen atoms in total. The van der Waals surface area contributed by atoms with E-state index in [0.29, 0.717) is 0 Å². The van der Waals surface area contributed by atoms with Gasteiger partial charge in [-0.3, -0.25) is 4.55 Å². The van der Waals surface area contributed by atoms with E-state index in [1.54, 1.807) is 27.7 Å². The van der Waals surface area contributed by atoms with Gasteiger partial charge in [-0.05, 0) is 24.7 Å². The molecule has 10 heteroatoms. The van der Waals surface area contributed by atoms with Crippen LogP contribution in [0.3, 0.4) is 0 Å². The zero-order chi connectivity index (χ0) is 17.7. The summed E-state index contributed by atoms with van der Waals surface area (Å²) in [5.41, 5.74) is -2.21. The van der Waals surface area contributed by atoms with Crippen LogP contribution >= 0.6 is 0 Å². The van der Waals surface area contributed by atoms with Crippen LogP contribution in [0.15, 0.2) is 0 Å². The Labute approximate surface area is 188 Å². The van der Waals surface area contributed by atoms with Crippen LogP contribution in [0.2, 0.25) is 0 Å². The second-order valence-electron chi connectivity index (χ2n) is 6.52. The summed E-state index contributed by atoms with van der Waals surface area (Å²) in [6.45, 7) is 7.18. The van der Waals surface area contributed by atoms with Gasteiger partial charge < -0.3 is 19.8 Å². The van der Waals surface area contributed by atoms with Crippen LogP contribution in [0.25, 0.3) is 0 Å². The number of carbonyl (C=O) groups excluding carboxylic acids is 2. The van der Waals surface area contributed by atoms with Crippen molar-refractivity contribution in [1.29, 1.82) is 0 Å². The Bertz CT molecular complexity index is 491. The van der Waals surface area contributed by atoms with Crippen LogP contribution in [-0.4, -0.2) is 30.2 Å². The van der Waals surface area contributed by atoms with Crippen molar-refractivity contribution in [3.05, 3.63) is 0 Å². The predicted octanol–water partition coefficient (Wildman–Crippen LogP) is -6.39. The molecule has 0 aliphatic carbocycles. The number of carboxylic acid groups (broad SMARTS) is 2. The van der Waals surface area contributed by atoms with Crippen molar-refractivity contribution < 1.29 is 91.9 Å². The zero-order valence-corrected chi connectivity index (χ0v) is 20.2. The number of carbonyl (C=O) groups is 2. The van der Waals surface area contributed by atoms with Gasteiger partial charge in [0.15, 0.2) is 0 Å². The average Bonchev–Trinajstić information content (AvgIpc) is 2.29. The molecule has 0 rings (SSSR count). The summed E-state index contributed by atoms with van der Waals surface area (Å²) >= 11 is 0. The molecule has 0 radical (unpaired) electrons. The van der Waals surface area contributed by atoms with Crippen molar-refractivity contribution in [2.24, 2.45) is 17.3 Å². The molecule has 0 saturated heterocycles. The van der Waals surface area contributed by atoms with Gasteiger partial charge in [-0.25, -0.2) is 0 Å². The van der Waals surface area contributed by atoms with Crippen molar-refractivity contribution in [2.75, 3.05) is 0 Å². The molecule has 0 bridgehead atoms. The van der Waals surface area contributed by atoms with Crippen LogP contribution in [-0.2, 0) is 19.7 Å². The molecular weight excluding hydrogens is 358 g/mol. The average molecular weight is 382 g/mol. The second kappa shape index (κ2) is 12.3. The predicted molar refractivity (Wildman–Crippen MR) is 75.9 cm³/mol. The third-order valence-corrected chi connectivity index (χ3v) is 5.00. The number of hydrogen-bond donors (Lipinski definition) is 1. The van der Waals surface area contributed by atoms with Gasteiger partial charge in [0.05, 0.1) is 5.97 Å². The van der Waals surface area contributed by atoms with Crippen molar-refractivity contribution >= 4 is 22.1 Å². The zero-order valence-electron chi connectivity index (χ0n) is 15.4. The standard InChI is InChI=1S/C14H26O7S.2Na/c1-9(2)5-7-14(13(17)18,8-6-10(3)4)11(12(15)16)22(19,20)21;;/h9-11H,5-8H2,1-4H3,(H,15,16)(H,17,18)(H,19,20,21);;/q;2*+1/p-2. The molecule has 0 fully saturated rings. The van der Waals surface area contributed by atoms with E-state index in [0.717, 1.165) is 0 Å². The fourth-order valence-corrected chi connectivity index (χ4v) is 3.57. The van der Waals surface area contributed by atoms with Crippen LogP contribution in [0, 0.1) is 17.3 Å². The van der Waals surface area contributed by atoms with Crippen molar-refractivity contribution in [3.8, 4) is 0 Å². The normalized spacial score (nSPS) is 13.1. The summed E-state index contributed by atoms with van der Waals surface area (Å²) in [5.74, 6) is -3.86. The third kappa shape index (κ3) is 8.98. The smallest absolute Gasteiger partial charge is 0.549 e. The topological polar surface area (TPSA) is 135 Å². The number of rotatable bonds is 10. The summed E-state index contributed by atoms with van der Waals surface area (Å²) in [5, 5.41) is 20.4. The Balaban J connectivity index is -0.00000220. The maximum absolute atomic E-state index is 11.7. The minimum absolute atomic E-state index is 0. The van der Waals surface area contributed by atoms with Crippen LogP contribution in [0.5, 0.6) is 0 Å². The minimum atomic E-state index is -5.15. The maximum atomic E-state index is 11.7. The summed E-state index contributed by atoms with van der Waals surface area (Å²) in [6.07, 6.45) is 0.118. The van der Waals surface area contributed by atoms with Gasteiger partial charge in [-0.15, -0.1) is 0 Å².